The van der Waals surface area contributed by atoms with Gasteiger partial charge in [0, 0.05) is 36.6 Å². The molecule has 2 aliphatic rings. The predicted molar refractivity (Wildman–Crippen MR) is 87.5 cm³/mol. The van der Waals surface area contributed by atoms with Gasteiger partial charge < -0.3 is 9.80 Å². The summed E-state index contributed by atoms with van der Waals surface area (Å²) in [7, 11) is 0. The van der Waals surface area contributed by atoms with E-state index in [1.165, 1.54) is 18.5 Å². The molecule has 0 N–H and O–H groups in total. The van der Waals surface area contributed by atoms with Gasteiger partial charge in [0.15, 0.2) is 0 Å². The highest BCUT2D eigenvalue weighted by Crippen LogP contribution is 2.40. The summed E-state index contributed by atoms with van der Waals surface area (Å²) in [6.45, 7) is 3.57. The Bertz CT molecular complexity index is 724. The van der Waals surface area contributed by atoms with Crippen molar-refractivity contribution >= 4 is 17.3 Å². The molecule has 0 bridgehead atoms. The van der Waals surface area contributed by atoms with Crippen molar-refractivity contribution in [2.45, 2.75) is 25.8 Å². The number of hydrogen-bond acceptors (Lipinski definition) is 3. The standard InChI is InChI=1S/C18H19N3O/c1-13-12-14(8-9-19-13)18(22)21-11-10-20(15-6-7-15)16-4-2-3-5-17(16)21/h2-5,8-9,12,15H,6-7,10-11H2,1H3. The number of para-hydroxylation sites is 2. The van der Waals surface area contributed by atoms with Crippen LogP contribution in [0.4, 0.5) is 11.4 Å². The summed E-state index contributed by atoms with van der Waals surface area (Å²) < 4.78 is 0. The van der Waals surface area contributed by atoms with E-state index in [1.54, 1.807) is 12.3 Å². The minimum absolute atomic E-state index is 0.0633. The average molecular weight is 293 g/mol. The first-order valence-electron chi connectivity index (χ1n) is 7.84. The Kier molecular flexibility index (Phi) is 3.10. The van der Waals surface area contributed by atoms with Gasteiger partial charge in [-0.15, -0.1) is 0 Å². The van der Waals surface area contributed by atoms with E-state index in [4.69, 9.17) is 0 Å². The van der Waals surface area contributed by atoms with Crippen LogP contribution in [0.3, 0.4) is 0 Å². The summed E-state index contributed by atoms with van der Waals surface area (Å²) in [6, 6.07) is 12.6. The first-order valence-corrected chi connectivity index (χ1v) is 7.84. The molecule has 1 aliphatic heterocycles. The molecule has 0 saturated heterocycles. The lowest BCUT2D eigenvalue weighted by Crippen LogP contribution is -2.45. The maximum absolute atomic E-state index is 12.9. The fourth-order valence-electron chi connectivity index (χ4n) is 3.19. The van der Waals surface area contributed by atoms with Crippen molar-refractivity contribution in [3.8, 4) is 0 Å². The van der Waals surface area contributed by atoms with Gasteiger partial charge in [0.1, 0.15) is 0 Å². The second-order valence-corrected chi connectivity index (χ2v) is 6.06. The summed E-state index contributed by atoms with van der Waals surface area (Å²) >= 11 is 0. The molecule has 0 radical (unpaired) electrons. The van der Waals surface area contributed by atoms with Crippen molar-refractivity contribution in [1.29, 1.82) is 0 Å². The molecule has 112 valence electrons. The fourth-order valence-corrected chi connectivity index (χ4v) is 3.19. The van der Waals surface area contributed by atoms with Gasteiger partial charge in [0.25, 0.3) is 5.91 Å². The third-order valence-electron chi connectivity index (χ3n) is 4.42. The Hall–Kier alpha value is -2.36. The van der Waals surface area contributed by atoms with Crippen LogP contribution < -0.4 is 9.80 Å². The third kappa shape index (κ3) is 2.25. The van der Waals surface area contributed by atoms with Crippen LogP contribution in [-0.2, 0) is 0 Å². The third-order valence-corrected chi connectivity index (χ3v) is 4.42. The smallest absolute Gasteiger partial charge is 0.258 e. The van der Waals surface area contributed by atoms with E-state index in [2.05, 4.69) is 28.1 Å². The van der Waals surface area contributed by atoms with E-state index < -0.39 is 0 Å². The molecule has 0 unspecified atom stereocenters. The van der Waals surface area contributed by atoms with Gasteiger partial charge in [-0.25, -0.2) is 0 Å². The maximum atomic E-state index is 12.9. The van der Waals surface area contributed by atoms with Crippen LogP contribution in [0.25, 0.3) is 0 Å². The van der Waals surface area contributed by atoms with E-state index in [9.17, 15) is 4.79 Å². The Labute approximate surface area is 130 Å². The second-order valence-electron chi connectivity index (χ2n) is 6.06. The maximum Gasteiger partial charge on any atom is 0.258 e. The summed E-state index contributed by atoms with van der Waals surface area (Å²) in [5.41, 5.74) is 3.80. The van der Waals surface area contributed by atoms with E-state index in [1.807, 2.05) is 24.0 Å². The highest BCUT2D eigenvalue weighted by Gasteiger charge is 2.35. The molecule has 2 heterocycles. The molecule has 1 fully saturated rings. The van der Waals surface area contributed by atoms with Crippen molar-refractivity contribution in [3.63, 3.8) is 0 Å². The summed E-state index contributed by atoms with van der Waals surface area (Å²) in [4.78, 5) is 21.4. The lowest BCUT2D eigenvalue weighted by molar-refractivity contribution is 0.0986. The van der Waals surface area contributed by atoms with Crippen LogP contribution in [-0.4, -0.2) is 30.0 Å². The molecule has 1 aromatic carbocycles. The van der Waals surface area contributed by atoms with Crippen LogP contribution >= 0.6 is 0 Å². The second kappa shape index (κ2) is 5.13. The van der Waals surface area contributed by atoms with Crippen LogP contribution in [0, 0.1) is 6.92 Å². The quantitative estimate of drug-likeness (QED) is 0.854. The number of aromatic nitrogens is 1. The summed E-state index contributed by atoms with van der Waals surface area (Å²) in [5.74, 6) is 0.0633. The predicted octanol–water partition coefficient (Wildman–Crippen LogP) is 3.02. The molecule has 22 heavy (non-hydrogen) atoms. The molecule has 1 aliphatic carbocycles. The van der Waals surface area contributed by atoms with Crippen molar-refractivity contribution in [2.75, 3.05) is 22.9 Å². The number of rotatable bonds is 2. The van der Waals surface area contributed by atoms with E-state index in [0.29, 0.717) is 11.6 Å². The SMILES string of the molecule is Cc1cc(C(=O)N2CCN(C3CC3)c3ccccc32)ccn1. The molecule has 1 saturated carbocycles. The lowest BCUT2D eigenvalue weighted by Gasteiger charge is -2.38. The number of carbonyl (C=O) groups is 1. The molecule has 2 aromatic rings. The van der Waals surface area contributed by atoms with Gasteiger partial charge in [-0.3, -0.25) is 9.78 Å². The van der Waals surface area contributed by atoms with Gasteiger partial charge in [-0.05, 0) is 44.0 Å². The summed E-state index contributed by atoms with van der Waals surface area (Å²) in [6.07, 6.45) is 4.24. The Morgan fingerprint density at radius 3 is 2.64 bits per heavy atom. The van der Waals surface area contributed by atoms with Gasteiger partial charge >= 0.3 is 0 Å². The number of carbonyl (C=O) groups excluding carboxylic acids is 1. The van der Waals surface area contributed by atoms with Gasteiger partial charge in [-0.2, -0.15) is 0 Å². The van der Waals surface area contributed by atoms with E-state index in [0.717, 1.165) is 24.5 Å². The molecular formula is C18H19N3O. The summed E-state index contributed by atoms with van der Waals surface area (Å²) in [5, 5.41) is 0. The van der Waals surface area contributed by atoms with Gasteiger partial charge in [0.05, 0.1) is 11.4 Å². The number of fused-ring (bicyclic) bond motifs is 1. The molecule has 4 heteroatoms. The number of anilines is 2. The zero-order chi connectivity index (χ0) is 15.1. The normalized spacial score (nSPS) is 17.3. The molecular weight excluding hydrogens is 274 g/mol. The van der Waals surface area contributed by atoms with E-state index in [-0.39, 0.29) is 5.91 Å². The number of nitrogens with zero attached hydrogens (tertiary/aromatic N) is 3. The Balaban J connectivity index is 1.70. The number of aryl methyl sites for hydroxylation is 1. The largest absolute Gasteiger partial charge is 0.365 e. The molecule has 1 aromatic heterocycles. The lowest BCUT2D eigenvalue weighted by atomic mass is 10.1. The zero-order valence-corrected chi connectivity index (χ0v) is 12.7. The Morgan fingerprint density at radius 2 is 1.91 bits per heavy atom. The highest BCUT2D eigenvalue weighted by atomic mass is 16.2. The molecule has 4 rings (SSSR count). The fraction of sp³-hybridized carbons (Fsp3) is 0.333. The number of pyridine rings is 1. The molecule has 0 spiro atoms. The van der Waals surface area contributed by atoms with Crippen LogP contribution in [0.5, 0.6) is 0 Å². The topological polar surface area (TPSA) is 36.4 Å². The van der Waals surface area contributed by atoms with Crippen LogP contribution in [0.15, 0.2) is 42.6 Å². The van der Waals surface area contributed by atoms with Crippen LogP contribution in [0.2, 0.25) is 0 Å². The monoisotopic (exact) mass is 293 g/mol. The van der Waals surface area contributed by atoms with Gasteiger partial charge in [-0.1, -0.05) is 12.1 Å². The highest BCUT2D eigenvalue weighted by molar-refractivity contribution is 6.08. The first-order chi connectivity index (χ1) is 10.7. The van der Waals surface area contributed by atoms with E-state index >= 15 is 0 Å². The average Bonchev–Trinajstić information content (AvgIpc) is 3.38. The molecule has 4 nitrogen and oxygen atoms in total. The van der Waals surface area contributed by atoms with Gasteiger partial charge in [0.2, 0.25) is 0 Å². The first kappa shape index (κ1) is 13.3. The minimum atomic E-state index is 0.0633. The van der Waals surface area contributed by atoms with Crippen molar-refractivity contribution in [2.24, 2.45) is 0 Å². The van der Waals surface area contributed by atoms with Crippen molar-refractivity contribution < 1.29 is 4.79 Å². The molecule has 0 atom stereocenters. The molecule has 1 amide bonds. The minimum Gasteiger partial charge on any atom is -0.365 e. The van der Waals surface area contributed by atoms with Crippen molar-refractivity contribution in [1.82, 2.24) is 4.98 Å². The number of hydrogen-bond donors (Lipinski definition) is 0. The number of benzene rings is 1. The zero-order valence-electron chi connectivity index (χ0n) is 12.7. The van der Waals surface area contributed by atoms with Crippen LogP contribution in [0.1, 0.15) is 28.9 Å². The van der Waals surface area contributed by atoms with Crippen molar-refractivity contribution in [3.05, 3.63) is 53.9 Å². The Morgan fingerprint density at radius 1 is 1.14 bits per heavy atom. The number of amides is 1.